The molecular weight excluding hydrogens is 282 g/mol. The average molecular weight is 296 g/mol. The molecule has 0 radical (unpaired) electrons. The maximum absolute atomic E-state index is 12.1. The molecule has 0 spiro atoms. The fourth-order valence-electron chi connectivity index (χ4n) is 2.65. The summed E-state index contributed by atoms with van der Waals surface area (Å²) in [7, 11) is 3.62. The smallest absolute Gasteiger partial charge is 0.225 e. The molecule has 6 heteroatoms. The number of aryl methyl sites for hydroxylation is 1. The first-order chi connectivity index (χ1) is 9.08. The Labute approximate surface area is 120 Å². The van der Waals surface area contributed by atoms with Gasteiger partial charge in [-0.1, -0.05) is 11.6 Å². The van der Waals surface area contributed by atoms with Crippen molar-refractivity contribution >= 4 is 39.1 Å². The van der Waals surface area contributed by atoms with E-state index in [0.29, 0.717) is 5.15 Å². The quantitative estimate of drug-likeness (QED) is 0.760. The summed E-state index contributed by atoms with van der Waals surface area (Å²) in [5.74, 6) is 0.294. The molecule has 0 unspecified atom stereocenters. The zero-order chi connectivity index (χ0) is 13.6. The molecule has 1 atom stereocenters. The number of aromatic nitrogens is 2. The molecule has 4 nitrogen and oxygen atoms in total. The second-order valence-electron chi connectivity index (χ2n) is 5.02. The number of hydrogen-bond donors (Lipinski definition) is 0. The Morgan fingerprint density at radius 2 is 2.26 bits per heavy atom. The van der Waals surface area contributed by atoms with Crippen molar-refractivity contribution in [2.75, 3.05) is 14.1 Å². The van der Waals surface area contributed by atoms with Gasteiger partial charge >= 0.3 is 0 Å². The van der Waals surface area contributed by atoms with Crippen LogP contribution in [0.4, 0.5) is 0 Å². The summed E-state index contributed by atoms with van der Waals surface area (Å²) in [6.45, 7) is 0. The molecule has 0 saturated heterocycles. The number of halogens is 1. The van der Waals surface area contributed by atoms with Crippen LogP contribution in [0.5, 0.6) is 0 Å². The first-order valence-corrected chi connectivity index (χ1v) is 7.39. The molecule has 2 aromatic heterocycles. The Morgan fingerprint density at radius 3 is 3.00 bits per heavy atom. The number of nitrogens with zero attached hydrogens (tertiary/aromatic N) is 3. The minimum atomic E-state index is 0.0855. The van der Waals surface area contributed by atoms with Crippen LogP contribution in [0, 0.1) is 5.92 Å². The fraction of sp³-hybridized carbons (Fsp3) is 0.462. The monoisotopic (exact) mass is 295 g/mol. The maximum Gasteiger partial charge on any atom is 0.225 e. The second-order valence-corrected chi connectivity index (χ2v) is 6.46. The first kappa shape index (κ1) is 12.8. The third kappa shape index (κ3) is 2.11. The van der Waals surface area contributed by atoms with Gasteiger partial charge in [0.1, 0.15) is 16.3 Å². The van der Waals surface area contributed by atoms with Crippen molar-refractivity contribution in [2.45, 2.75) is 19.3 Å². The molecule has 1 aliphatic carbocycles. The van der Waals surface area contributed by atoms with E-state index in [4.69, 9.17) is 11.6 Å². The van der Waals surface area contributed by atoms with Crippen molar-refractivity contribution < 1.29 is 4.79 Å². The molecule has 1 amide bonds. The van der Waals surface area contributed by atoms with Gasteiger partial charge in [0.15, 0.2) is 0 Å². The molecule has 0 fully saturated rings. The molecule has 19 heavy (non-hydrogen) atoms. The molecule has 2 heterocycles. The number of thiophene rings is 1. The Morgan fingerprint density at radius 1 is 1.47 bits per heavy atom. The van der Waals surface area contributed by atoms with Crippen LogP contribution in [-0.2, 0) is 17.6 Å². The third-order valence-corrected chi connectivity index (χ3v) is 5.04. The summed E-state index contributed by atoms with van der Waals surface area (Å²) in [4.78, 5) is 24.3. The van der Waals surface area contributed by atoms with Crippen LogP contribution < -0.4 is 0 Å². The van der Waals surface area contributed by atoms with E-state index >= 15 is 0 Å². The predicted molar refractivity (Wildman–Crippen MR) is 76.6 cm³/mol. The first-order valence-electron chi connectivity index (χ1n) is 6.20. The van der Waals surface area contributed by atoms with E-state index in [2.05, 4.69) is 9.97 Å². The number of fused-ring (bicyclic) bond motifs is 3. The standard InChI is InChI=1S/C13H14ClN3OS/c1-17(2)13(18)7-3-4-8-9(5-7)19-12-10(8)11(14)15-6-16-12/h6-7H,3-5H2,1-2H3/t7-/m1/s1. The van der Waals surface area contributed by atoms with Crippen LogP contribution >= 0.6 is 22.9 Å². The molecular formula is C13H14ClN3OS. The normalized spacial score (nSPS) is 18.4. The van der Waals surface area contributed by atoms with Crippen molar-refractivity contribution in [3.05, 3.63) is 21.9 Å². The lowest BCUT2D eigenvalue weighted by Crippen LogP contribution is -2.32. The Balaban J connectivity index is 2.01. The van der Waals surface area contributed by atoms with Crippen LogP contribution in [0.3, 0.4) is 0 Å². The van der Waals surface area contributed by atoms with Crippen molar-refractivity contribution in [3.8, 4) is 0 Å². The molecule has 0 aromatic carbocycles. The molecule has 100 valence electrons. The van der Waals surface area contributed by atoms with Gasteiger partial charge in [-0.2, -0.15) is 0 Å². The van der Waals surface area contributed by atoms with Crippen LogP contribution in [0.15, 0.2) is 6.33 Å². The van der Waals surface area contributed by atoms with Gasteiger partial charge in [-0.25, -0.2) is 9.97 Å². The zero-order valence-electron chi connectivity index (χ0n) is 10.8. The van der Waals surface area contributed by atoms with Gasteiger partial charge in [0.25, 0.3) is 0 Å². The van der Waals surface area contributed by atoms with Gasteiger partial charge in [0, 0.05) is 24.9 Å². The van der Waals surface area contributed by atoms with Crippen LogP contribution in [-0.4, -0.2) is 34.9 Å². The van der Waals surface area contributed by atoms with E-state index < -0.39 is 0 Å². The van der Waals surface area contributed by atoms with Crippen molar-refractivity contribution in [1.29, 1.82) is 0 Å². The summed E-state index contributed by atoms with van der Waals surface area (Å²) in [6.07, 6.45) is 4.05. The minimum absolute atomic E-state index is 0.0855. The van der Waals surface area contributed by atoms with Gasteiger partial charge in [-0.05, 0) is 24.8 Å². The highest BCUT2D eigenvalue weighted by atomic mass is 35.5. The molecule has 0 saturated carbocycles. The lowest BCUT2D eigenvalue weighted by Gasteiger charge is -2.24. The van der Waals surface area contributed by atoms with E-state index in [1.807, 2.05) is 14.1 Å². The number of rotatable bonds is 1. The highest BCUT2D eigenvalue weighted by Gasteiger charge is 2.29. The summed E-state index contributed by atoms with van der Waals surface area (Å²) in [6, 6.07) is 0. The Hall–Kier alpha value is -1.20. The summed E-state index contributed by atoms with van der Waals surface area (Å²) in [5.41, 5.74) is 1.24. The van der Waals surface area contributed by atoms with E-state index in [9.17, 15) is 4.79 Å². The number of amides is 1. The molecule has 0 bridgehead atoms. The third-order valence-electron chi connectivity index (χ3n) is 3.59. The highest BCUT2D eigenvalue weighted by molar-refractivity contribution is 7.19. The van der Waals surface area contributed by atoms with Gasteiger partial charge < -0.3 is 4.90 Å². The highest BCUT2D eigenvalue weighted by Crippen LogP contribution is 2.39. The van der Waals surface area contributed by atoms with Gasteiger partial charge in [0.05, 0.1) is 5.39 Å². The van der Waals surface area contributed by atoms with Crippen LogP contribution in [0.25, 0.3) is 10.2 Å². The Kier molecular flexibility index (Phi) is 3.19. The van der Waals surface area contributed by atoms with Crippen molar-refractivity contribution in [1.82, 2.24) is 14.9 Å². The Bertz CT molecular complexity index is 653. The van der Waals surface area contributed by atoms with E-state index in [-0.39, 0.29) is 11.8 Å². The van der Waals surface area contributed by atoms with Gasteiger partial charge in [0.2, 0.25) is 5.91 Å². The van der Waals surface area contributed by atoms with Crippen molar-refractivity contribution in [2.24, 2.45) is 5.92 Å². The number of carbonyl (C=O) groups excluding carboxylic acids is 1. The molecule has 1 aliphatic rings. The lowest BCUT2D eigenvalue weighted by molar-refractivity contribution is -0.133. The van der Waals surface area contributed by atoms with E-state index in [1.165, 1.54) is 16.8 Å². The lowest BCUT2D eigenvalue weighted by atomic mass is 9.87. The van der Waals surface area contributed by atoms with Crippen LogP contribution in [0.2, 0.25) is 5.15 Å². The van der Waals surface area contributed by atoms with E-state index in [1.54, 1.807) is 16.2 Å². The van der Waals surface area contributed by atoms with Gasteiger partial charge in [-0.15, -0.1) is 11.3 Å². The summed E-state index contributed by atoms with van der Waals surface area (Å²) >= 11 is 7.81. The fourth-order valence-corrected chi connectivity index (χ4v) is 4.22. The predicted octanol–water partition coefficient (Wildman–Crippen LogP) is 2.54. The number of hydrogen-bond acceptors (Lipinski definition) is 4. The molecule has 2 aromatic rings. The molecule has 0 N–H and O–H groups in total. The SMILES string of the molecule is CN(C)C(=O)[C@@H]1CCc2c(sc3ncnc(Cl)c23)C1. The van der Waals surface area contributed by atoms with Crippen LogP contribution in [0.1, 0.15) is 16.9 Å². The molecule has 3 rings (SSSR count). The topological polar surface area (TPSA) is 46.1 Å². The summed E-state index contributed by atoms with van der Waals surface area (Å²) in [5, 5.41) is 1.51. The maximum atomic E-state index is 12.1. The zero-order valence-corrected chi connectivity index (χ0v) is 12.4. The average Bonchev–Trinajstić information content (AvgIpc) is 2.76. The molecule has 0 aliphatic heterocycles. The largest absolute Gasteiger partial charge is 0.349 e. The van der Waals surface area contributed by atoms with Gasteiger partial charge in [-0.3, -0.25) is 4.79 Å². The second kappa shape index (κ2) is 4.72. The van der Waals surface area contributed by atoms with E-state index in [0.717, 1.165) is 29.5 Å². The van der Waals surface area contributed by atoms with Crippen molar-refractivity contribution in [3.63, 3.8) is 0 Å². The minimum Gasteiger partial charge on any atom is -0.349 e. The summed E-state index contributed by atoms with van der Waals surface area (Å²) < 4.78 is 0. The number of carbonyl (C=O) groups is 1.